The summed E-state index contributed by atoms with van der Waals surface area (Å²) in [6.07, 6.45) is 2.60. The van der Waals surface area contributed by atoms with Gasteiger partial charge in [0.2, 0.25) is 0 Å². The second kappa shape index (κ2) is 10.0. The fourth-order valence-corrected chi connectivity index (χ4v) is 6.18. The van der Waals surface area contributed by atoms with Crippen LogP contribution in [-0.4, -0.2) is 82.5 Å². The molecule has 1 saturated carbocycles. The first-order valence-electron chi connectivity index (χ1n) is 14.3. The van der Waals surface area contributed by atoms with Crippen molar-refractivity contribution in [3.05, 3.63) is 57.9 Å². The van der Waals surface area contributed by atoms with Crippen molar-refractivity contribution in [2.45, 2.75) is 59.7 Å². The Morgan fingerprint density at radius 1 is 1.03 bits per heavy atom. The quantitative estimate of drug-likeness (QED) is 0.508. The molecule has 38 heavy (non-hydrogen) atoms. The van der Waals surface area contributed by atoms with Gasteiger partial charge in [0.25, 0.3) is 5.91 Å². The fourth-order valence-electron chi connectivity index (χ4n) is 6.18. The number of amides is 1. The molecule has 7 heteroatoms. The highest BCUT2D eigenvalue weighted by Gasteiger charge is 2.37. The Morgan fingerprint density at radius 2 is 1.71 bits per heavy atom. The second-order valence-corrected chi connectivity index (χ2v) is 11.9. The normalized spacial score (nSPS) is 19.2. The van der Waals surface area contributed by atoms with Crippen molar-refractivity contribution in [1.29, 1.82) is 0 Å². The number of nitrogens with zero attached hydrogens (tertiary/aromatic N) is 5. The first-order valence-corrected chi connectivity index (χ1v) is 14.3. The number of anilines is 1. The maximum Gasteiger partial charge on any atom is 0.272 e. The Bertz CT molecular complexity index is 1340. The van der Waals surface area contributed by atoms with E-state index >= 15 is 0 Å². The third-order valence-electron chi connectivity index (χ3n) is 9.25. The van der Waals surface area contributed by atoms with Crippen molar-refractivity contribution < 1.29 is 4.79 Å². The van der Waals surface area contributed by atoms with Crippen molar-refractivity contribution in [2.75, 3.05) is 51.6 Å². The smallest absolute Gasteiger partial charge is 0.272 e. The van der Waals surface area contributed by atoms with Crippen LogP contribution in [0.15, 0.2) is 24.3 Å². The number of carbonyl (C=O) groups is 1. The van der Waals surface area contributed by atoms with Crippen LogP contribution >= 0.6 is 0 Å². The van der Waals surface area contributed by atoms with Gasteiger partial charge in [-0.2, -0.15) is 0 Å². The maximum atomic E-state index is 13.7. The first-order chi connectivity index (χ1) is 18.3. The van der Waals surface area contributed by atoms with E-state index in [9.17, 15) is 4.79 Å². The number of hydrogen-bond acceptors (Lipinski definition) is 5. The number of fused-ring (bicyclic) bond motifs is 1. The van der Waals surface area contributed by atoms with E-state index in [0.717, 1.165) is 68.5 Å². The Hall–Kier alpha value is -2.90. The number of hydrogen-bond donors (Lipinski definition) is 1. The number of pyridine rings is 1. The summed E-state index contributed by atoms with van der Waals surface area (Å²) in [5.74, 6) is 1.64. The third kappa shape index (κ3) is 4.71. The Morgan fingerprint density at radius 3 is 2.37 bits per heavy atom. The van der Waals surface area contributed by atoms with Gasteiger partial charge in [0.15, 0.2) is 5.82 Å². The van der Waals surface area contributed by atoms with Crippen LogP contribution in [-0.2, 0) is 13.1 Å². The summed E-state index contributed by atoms with van der Waals surface area (Å²) < 4.78 is 2.45. The lowest BCUT2D eigenvalue weighted by Gasteiger charge is -2.47. The van der Waals surface area contributed by atoms with Gasteiger partial charge in [0.1, 0.15) is 5.69 Å². The molecule has 3 aromatic rings. The number of likely N-dealkylation sites (tertiary alicyclic amines) is 1. The third-order valence-corrected chi connectivity index (χ3v) is 9.25. The molecule has 1 N–H and O–H groups in total. The number of rotatable bonds is 7. The number of carbonyl (C=O) groups excluding carboxylic acids is 1. The molecule has 202 valence electrons. The molecule has 0 bridgehead atoms. The maximum absolute atomic E-state index is 13.7. The van der Waals surface area contributed by atoms with E-state index in [1.807, 2.05) is 4.90 Å². The minimum atomic E-state index is 0.0550. The molecule has 0 atom stereocenters. The lowest BCUT2D eigenvalue weighted by molar-refractivity contribution is 0.0107. The van der Waals surface area contributed by atoms with E-state index in [1.165, 1.54) is 40.8 Å². The summed E-state index contributed by atoms with van der Waals surface area (Å²) >= 11 is 0. The molecule has 0 spiro atoms. The van der Waals surface area contributed by atoms with Gasteiger partial charge in [-0.3, -0.25) is 9.69 Å². The SMILES string of the molecule is Cc1cccc(C)c1CNc1nc(C(=O)N2CC(N3CCN(C)CC3)C2)cc2c(C)c(C)n(CC3CC3)c12. The highest BCUT2D eigenvalue weighted by Crippen LogP contribution is 2.37. The molecular formula is C31H42N6O. The van der Waals surface area contributed by atoms with Crippen molar-refractivity contribution in [3.63, 3.8) is 0 Å². The Balaban J connectivity index is 1.30. The number of likely N-dealkylation sites (N-methyl/N-ethyl adjacent to an activating group) is 1. The largest absolute Gasteiger partial charge is 0.364 e. The van der Waals surface area contributed by atoms with Crippen LogP contribution in [0.3, 0.4) is 0 Å². The second-order valence-electron chi connectivity index (χ2n) is 11.9. The molecule has 1 aliphatic carbocycles. The molecule has 2 saturated heterocycles. The molecule has 4 heterocycles. The van der Waals surface area contributed by atoms with Crippen LogP contribution in [0.25, 0.3) is 10.9 Å². The zero-order valence-corrected chi connectivity index (χ0v) is 23.7. The van der Waals surface area contributed by atoms with Gasteiger partial charge in [-0.15, -0.1) is 0 Å². The molecule has 3 fully saturated rings. The van der Waals surface area contributed by atoms with E-state index in [4.69, 9.17) is 4.98 Å². The monoisotopic (exact) mass is 514 g/mol. The minimum absolute atomic E-state index is 0.0550. The number of piperazine rings is 1. The Labute approximate surface area is 226 Å². The Kier molecular flexibility index (Phi) is 6.68. The average molecular weight is 515 g/mol. The van der Waals surface area contributed by atoms with E-state index in [1.54, 1.807) is 0 Å². The molecule has 3 aliphatic rings. The summed E-state index contributed by atoms with van der Waals surface area (Å²) in [4.78, 5) is 25.6. The molecule has 2 aliphatic heterocycles. The average Bonchev–Trinajstić information content (AvgIpc) is 3.66. The van der Waals surface area contributed by atoms with Crippen molar-refractivity contribution >= 4 is 22.6 Å². The zero-order valence-electron chi connectivity index (χ0n) is 23.7. The number of nitrogens with one attached hydrogen (secondary N) is 1. The highest BCUT2D eigenvalue weighted by molar-refractivity contribution is 6.01. The summed E-state index contributed by atoms with van der Waals surface area (Å²) in [5, 5.41) is 4.83. The number of aromatic nitrogens is 2. The van der Waals surface area contributed by atoms with Gasteiger partial charge in [-0.05, 0) is 81.8 Å². The van der Waals surface area contributed by atoms with Crippen LogP contribution in [0.2, 0.25) is 0 Å². The number of benzene rings is 1. The van der Waals surface area contributed by atoms with E-state index in [-0.39, 0.29) is 5.91 Å². The van der Waals surface area contributed by atoms with Crippen LogP contribution < -0.4 is 5.32 Å². The molecule has 6 rings (SSSR count). The van der Waals surface area contributed by atoms with Crippen molar-refractivity contribution in [2.24, 2.45) is 5.92 Å². The minimum Gasteiger partial charge on any atom is -0.364 e. The molecular weight excluding hydrogens is 472 g/mol. The fraction of sp³-hybridized carbons (Fsp3) is 0.548. The van der Waals surface area contributed by atoms with E-state index < -0.39 is 0 Å². The first kappa shape index (κ1) is 25.4. The molecule has 0 radical (unpaired) electrons. The molecule has 0 unspecified atom stereocenters. The van der Waals surface area contributed by atoms with Gasteiger partial charge in [0, 0.05) is 69.5 Å². The van der Waals surface area contributed by atoms with Crippen molar-refractivity contribution in [1.82, 2.24) is 24.3 Å². The molecule has 2 aromatic heterocycles. The van der Waals surface area contributed by atoms with Gasteiger partial charge in [-0.1, -0.05) is 18.2 Å². The van der Waals surface area contributed by atoms with Gasteiger partial charge in [0.05, 0.1) is 5.52 Å². The highest BCUT2D eigenvalue weighted by atomic mass is 16.2. The van der Waals surface area contributed by atoms with Gasteiger partial charge in [-0.25, -0.2) is 4.98 Å². The van der Waals surface area contributed by atoms with E-state index in [2.05, 4.69) is 78.7 Å². The molecule has 1 amide bonds. The van der Waals surface area contributed by atoms with Gasteiger partial charge >= 0.3 is 0 Å². The van der Waals surface area contributed by atoms with Crippen molar-refractivity contribution in [3.8, 4) is 0 Å². The predicted octanol–water partition coefficient (Wildman–Crippen LogP) is 4.36. The lowest BCUT2D eigenvalue weighted by atomic mass is 10.0. The zero-order chi connectivity index (χ0) is 26.6. The standard InChI is InChI=1S/C31H42N6O/c1-20-7-6-8-21(2)27(20)16-32-30-29-26(22(3)23(4)37(29)17-24-9-10-24)15-28(33-30)31(38)36-18-25(19-36)35-13-11-34(5)12-14-35/h6-8,15,24-25H,9-14,16-19H2,1-5H3,(H,32,33). The topological polar surface area (TPSA) is 56.6 Å². The summed E-state index contributed by atoms with van der Waals surface area (Å²) in [5.41, 5.74) is 8.09. The van der Waals surface area contributed by atoms with E-state index in [0.29, 0.717) is 18.3 Å². The summed E-state index contributed by atoms with van der Waals surface area (Å²) in [6.45, 7) is 16.4. The molecule has 1 aromatic carbocycles. The van der Waals surface area contributed by atoms with Gasteiger partial charge < -0.3 is 19.7 Å². The van der Waals surface area contributed by atoms with Crippen LogP contribution in [0, 0.1) is 33.6 Å². The molecule has 7 nitrogen and oxygen atoms in total. The summed E-state index contributed by atoms with van der Waals surface area (Å²) in [7, 11) is 2.18. The van der Waals surface area contributed by atoms with Crippen LogP contribution in [0.4, 0.5) is 5.82 Å². The predicted molar refractivity (Wildman–Crippen MR) is 154 cm³/mol. The summed E-state index contributed by atoms with van der Waals surface area (Å²) in [6, 6.07) is 8.97. The number of aryl methyl sites for hydroxylation is 3. The van der Waals surface area contributed by atoms with Crippen LogP contribution in [0.5, 0.6) is 0 Å². The van der Waals surface area contributed by atoms with Crippen LogP contribution in [0.1, 0.15) is 51.3 Å². The lowest BCUT2D eigenvalue weighted by Crippen LogP contribution is -2.64.